The number of anilines is 1. The highest BCUT2D eigenvalue weighted by Gasteiger charge is 2.18. The highest BCUT2D eigenvalue weighted by Crippen LogP contribution is 2.21. The third kappa shape index (κ3) is 3.08. The predicted octanol–water partition coefficient (Wildman–Crippen LogP) is 2.67. The molecule has 0 radical (unpaired) electrons. The average molecular weight is 322 g/mol. The first kappa shape index (κ1) is 15.0. The number of aromatic nitrogens is 2. The van der Waals surface area contributed by atoms with Crippen molar-refractivity contribution >= 4 is 11.3 Å². The van der Waals surface area contributed by atoms with Crippen LogP contribution in [0.3, 0.4) is 0 Å². The van der Waals surface area contributed by atoms with Crippen LogP contribution in [0.15, 0.2) is 54.9 Å². The summed E-state index contributed by atoms with van der Waals surface area (Å²) in [5, 5.41) is 0. The lowest BCUT2D eigenvalue weighted by Gasteiger charge is -2.35. The van der Waals surface area contributed by atoms with Gasteiger partial charge in [0.1, 0.15) is 11.4 Å². The Morgan fingerprint density at radius 3 is 2.50 bits per heavy atom. The van der Waals surface area contributed by atoms with E-state index in [9.17, 15) is 0 Å². The van der Waals surface area contributed by atoms with E-state index in [4.69, 9.17) is 9.72 Å². The Bertz CT molecular complexity index is 771. The Hall–Kier alpha value is -2.53. The largest absolute Gasteiger partial charge is 0.497 e. The van der Waals surface area contributed by atoms with Crippen molar-refractivity contribution in [2.75, 3.05) is 38.2 Å². The molecule has 1 aliphatic rings. The van der Waals surface area contributed by atoms with Crippen LogP contribution >= 0.6 is 0 Å². The van der Waals surface area contributed by atoms with E-state index in [2.05, 4.69) is 32.5 Å². The Labute approximate surface area is 142 Å². The Morgan fingerprint density at radius 1 is 1.00 bits per heavy atom. The number of piperazine rings is 1. The maximum atomic E-state index is 5.23. The number of fused-ring (bicyclic) bond motifs is 1. The van der Waals surface area contributed by atoms with Gasteiger partial charge in [-0.25, -0.2) is 4.98 Å². The summed E-state index contributed by atoms with van der Waals surface area (Å²) in [4.78, 5) is 9.60. The fourth-order valence-electron chi connectivity index (χ4n) is 3.25. The second-order valence-corrected chi connectivity index (χ2v) is 6.16. The molecule has 1 saturated heterocycles. The van der Waals surface area contributed by atoms with Gasteiger partial charge in [0.2, 0.25) is 0 Å². The minimum absolute atomic E-state index is 0.907. The van der Waals surface area contributed by atoms with Gasteiger partial charge in [-0.2, -0.15) is 0 Å². The maximum Gasteiger partial charge on any atom is 0.137 e. The van der Waals surface area contributed by atoms with Crippen molar-refractivity contribution in [2.24, 2.45) is 0 Å². The van der Waals surface area contributed by atoms with Crippen LogP contribution in [0.1, 0.15) is 5.69 Å². The first-order chi connectivity index (χ1) is 11.8. The molecule has 2 aromatic heterocycles. The fourth-order valence-corrected chi connectivity index (χ4v) is 3.25. The van der Waals surface area contributed by atoms with E-state index in [1.165, 1.54) is 5.69 Å². The zero-order chi connectivity index (χ0) is 16.4. The molecule has 3 heterocycles. The van der Waals surface area contributed by atoms with Crippen LogP contribution in [0.2, 0.25) is 0 Å². The topological polar surface area (TPSA) is 33.0 Å². The van der Waals surface area contributed by atoms with Crippen LogP contribution in [0, 0.1) is 0 Å². The summed E-state index contributed by atoms with van der Waals surface area (Å²) in [7, 11) is 1.70. The molecule has 3 aromatic rings. The van der Waals surface area contributed by atoms with Gasteiger partial charge >= 0.3 is 0 Å². The number of hydrogen-bond donors (Lipinski definition) is 0. The van der Waals surface area contributed by atoms with E-state index in [1.807, 2.05) is 36.5 Å². The summed E-state index contributed by atoms with van der Waals surface area (Å²) in [6.45, 7) is 5.11. The van der Waals surface area contributed by atoms with Gasteiger partial charge in [0.05, 0.1) is 12.8 Å². The quantitative estimate of drug-likeness (QED) is 0.739. The predicted molar refractivity (Wildman–Crippen MR) is 95.7 cm³/mol. The number of ether oxygens (including phenoxy) is 1. The summed E-state index contributed by atoms with van der Waals surface area (Å²) in [5.41, 5.74) is 3.42. The number of hydrogen-bond acceptors (Lipinski definition) is 4. The van der Waals surface area contributed by atoms with E-state index in [-0.39, 0.29) is 0 Å². The lowest BCUT2D eigenvalue weighted by molar-refractivity contribution is 0.247. The molecule has 0 amide bonds. The minimum Gasteiger partial charge on any atom is -0.497 e. The Balaban J connectivity index is 1.36. The van der Waals surface area contributed by atoms with Crippen molar-refractivity contribution in [3.8, 4) is 5.75 Å². The molecule has 0 atom stereocenters. The van der Waals surface area contributed by atoms with Crippen molar-refractivity contribution < 1.29 is 4.74 Å². The van der Waals surface area contributed by atoms with Gasteiger partial charge in [-0.15, -0.1) is 0 Å². The van der Waals surface area contributed by atoms with Gasteiger partial charge < -0.3 is 14.0 Å². The second kappa shape index (κ2) is 6.53. The number of rotatable bonds is 4. The number of benzene rings is 1. The van der Waals surface area contributed by atoms with Crippen LogP contribution in [0.4, 0.5) is 5.69 Å². The van der Waals surface area contributed by atoms with Crippen LogP contribution in [0.25, 0.3) is 5.65 Å². The van der Waals surface area contributed by atoms with Crippen molar-refractivity contribution in [1.29, 1.82) is 0 Å². The lowest BCUT2D eigenvalue weighted by Crippen LogP contribution is -2.46. The van der Waals surface area contributed by atoms with E-state index < -0.39 is 0 Å². The van der Waals surface area contributed by atoms with E-state index >= 15 is 0 Å². The lowest BCUT2D eigenvalue weighted by atomic mass is 10.2. The Morgan fingerprint density at radius 2 is 1.79 bits per heavy atom. The first-order valence-corrected chi connectivity index (χ1v) is 8.36. The van der Waals surface area contributed by atoms with Crippen molar-refractivity contribution in [1.82, 2.24) is 14.3 Å². The zero-order valence-electron chi connectivity index (χ0n) is 13.9. The van der Waals surface area contributed by atoms with Crippen molar-refractivity contribution in [2.45, 2.75) is 6.54 Å². The standard InChI is InChI=1S/C19H22N4O/c1-24-18-7-5-17(6-8-18)22-12-10-21(11-13-22)14-16-15-23-9-3-2-4-19(23)20-16/h2-9,15H,10-14H2,1H3. The van der Waals surface area contributed by atoms with Gasteiger partial charge in [0, 0.05) is 50.8 Å². The summed E-state index contributed by atoms with van der Waals surface area (Å²) in [5.74, 6) is 0.907. The minimum atomic E-state index is 0.907. The first-order valence-electron chi connectivity index (χ1n) is 8.36. The Kier molecular flexibility index (Phi) is 4.09. The molecule has 24 heavy (non-hydrogen) atoms. The molecule has 5 heteroatoms. The van der Waals surface area contributed by atoms with E-state index in [0.29, 0.717) is 0 Å². The monoisotopic (exact) mass is 322 g/mol. The molecule has 0 spiro atoms. The van der Waals surface area contributed by atoms with Crippen LogP contribution < -0.4 is 9.64 Å². The van der Waals surface area contributed by atoms with Gasteiger partial charge in [0.15, 0.2) is 0 Å². The van der Waals surface area contributed by atoms with Gasteiger partial charge in [-0.3, -0.25) is 4.90 Å². The molecule has 0 aliphatic carbocycles. The summed E-state index contributed by atoms with van der Waals surface area (Å²) < 4.78 is 7.32. The smallest absolute Gasteiger partial charge is 0.137 e. The zero-order valence-corrected chi connectivity index (χ0v) is 13.9. The molecule has 4 rings (SSSR count). The number of imidazole rings is 1. The van der Waals surface area contributed by atoms with Gasteiger partial charge in [-0.1, -0.05) is 6.07 Å². The molecular formula is C19H22N4O. The number of pyridine rings is 1. The van der Waals surface area contributed by atoms with Gasteiger partial charge in [0.25, 0.3) is 0 Å². The number of methoxy groups -OCH3 is 1. The second-order valence-electron chi connectivity index (χ2n) is 6.16. The third-order valence-corrected chi connectivity index (χ3v) is 4.61. The average Bonchev–Trinajstić information content (AvgIpc) is 3.05. The summed E-state index contributed by atoms with van der Waals surface area (Å²) in [6, 6.07) is 14.4. The van der Waals surface area contributed by atoms with Crippen LogP contribution in [-0.4, -0.2) is 47.6 Å². The van der Waals surface area contributed by atoms with Gasteiger partial charge in [-0.05, 0) is 36.4 Å². The summed E-state index contributed by atoms with van der Waals surface area (Å²) in [6.07, 6.45) is 4.18. The highest BCUT2D eigenvalue weighted by molar-refractivity contribution is 5.49. The molecular weight excluding hydrogens is 300 g/mol. The molecule has 0 bridgehead atoms. The van der Waals surface area contributed by atoms with Crippen molar-refractivity contribution in [3.05, 3.63) is 60.6 Å². The molecule has 1 aliphatic heterocycles. The number of nitrogens with zero attached hydrogens (tertiary/aromatic N) is 4. The third-order valence-electron chi connectivity index (χ3n) is 4.61. The SMILES string of the molecule is COc1ccc(N2CCN(Cc3cn4ccccc4n3)CC2)cc1. The molecule has 0 unspecified atom stereocenters. The molecule has 0 N–H and O–H groups in total. The molecule has 5 nitrogen and oxygen atoms in total. The van der Waals surface area contributed by atoms with Crippen molar-refractivity contribution in [3.63, 3.8) is 0 Å². The van der Waals surface area contributed by atoms with Crippen LogP contribution in [0.5, 0.6) is 5.75 Å². The molecule has 1 aromatic carbocycles. The highest BCUT2D eigenvalue weighted by atomic mass is 16.5. The van der Waals surface area contributed by atoms with E-state index in [0.717, 1.165) is 49.8 Å². The maximum absolute atomic E-state index is 5.23. The molecule has 124 valence electrons. The molecule has 1 fully saturated rings. The van der Waals surface area contributed by atoms with E-state index in [1.54, 1.807) is 7.11 Å². The van der Waals surface area contributed by atoms with Crippen LogP contribution in [-0.2, 0) is 6.54 Å². The summed E-state index contributed by atoms with van der Waals surface area (Å²) >= 11 is 0. The fraction of sp³-hybridized carbons (Fsp3) is 0.316. The normalized spacial score (nSPS) is 15.8. The molecule has 0 saturated carbocycles.